The second-order valence-electron chi connectivity index (χ2n) is 8.25. The minimum absolute atomic E-state index is 0.0550. The van der Waals surface area contributed by atoms with E-state index in [1.807, 2.05) is 66.7 Å². The molecule has 5 rings (SSSR count). The number of nitrogens with one attached hydrogen (secondary N) is 3. The molecule has 1 fully saturated rings. The van der Waals surface area contributed by atoms with Crippen molar-refractivity contribution in [1.82, 2.24) is 15.8 Å². The van der Waals surface area contributed by atoms with E-state index in [1.165, 1.54) is 0 Å². The molecule has 2 amide bonds. The molecule has 1 saturated heterocycles. The second kappa shape index (κ2) is 8.73. The number of anilines is 1. The Balaban J connectivity index is 1.35. The Hall–Kier alpha value is -3.61. The molecule has 7 heteroatoms. The van der Waals surface area contributed by atoms with E-state index in [0.717, 1.165) is 16.8 Å². The van der Waals surface area contributed by atoms with Crippen molar-refractivity contribution in [2.75, 3.05) is 5.32 Å². The zero-order valence-electron chi connectivity index (χ0n) is 18.0. The monoisotopic (exact) mass is 458 g/mol. The van der Waals surface area contributed by atoms with E-state index < -0.39 is 0 Å². The highest BCUT2D eigenvalue weighted by Gasteiger charge is 2.44. The third-order valence-electron chi connectivity index (χ3n) is 6.05. The number of carbonyl (C=O) groups excluding carboxylic acids is 2. The summed E-state index contributed by atoms with van der Waals surface area (Å²) < 4.78 is 0. The standard InChI is InChI=1S/C26H23ClN4O2/c1-16-24(18-7-11-20(27)12-8-18)25-29-22(15-23(32)31(25)30-16)17-9-13-21(14-10-17)28-26(33)19-5-3-2-4-6-19/h2-16,24-25,29-30H,1H3,(H,28,33). The van der Waals surface area contributed by atoms with Gasteiger partial charge < -0.3 is 10.6 Å². The van der Waals surface area contributed by atoms with E-state index in [2.05, 4.69) is 23.0 Å². The van der Waals surface area contributed by atoms with E-state index in [-0.39, 0.29) is 29.9 Å². The van der Waals surface area contributed by atoms with Crippen LogP contribution in [0.15, 0.2) is 84.9 Å². The maximum Gasteiger partial charge on any atom is 0.264 e. The lowest BCUT2D eigenvalue weighted by molar-refractivity contribution is -0.130. The summed E-state index contributed by atoms with van der Waals surface area (Å²) in [5.41, 5.74) is 7.29. The van der Waals surface area contributed by atoms with Crippen LogP contribution in [0.4, 0.5) is 5.69 Å². The molecule has 3 aromatic carbocycles. The lowest BCUT2D eigenvalue weighted by Gasteiger charge is -2.33. The topological polar surface area (TPSA) is 73.5 Å². The number of amides is 2. The molecule has 0 radical (unpaired) electrons. The van der Waals surface area contributed by atoms with Crippen molar-refractivity contribution in [3.8, 4) is 0 Å². The second-order valence-corrected chi connectivity index (χ2v) is 8.68. The third-order valence-corrected chi connectivity index (χ3v) is 6.30. The summed E-state index contributed by atoms with van der Waals surface area (Å²) in [4.78, 5) is 25.3. The number of fused-ring (bicyclic) bond motifs is 1. The molecular weight excluding hydrogens is 436 g/mol. The zero-order valence-corrected chi connectivity index (χ0v) is 18.7. The fourth-order valence-electron chi connectivity index (χ4n) is 4.41. The molecule has 0 bridgehead atoms. The van der Waals surface area contributed by atoms with E-state index >= 15 is 0 Å². The minimum Gasteiger partial charge on any atom is -0.363 e. The number of hydrogen-bond donors (Lipinski definition) is 3. The van der Waals surface area contributed by atoms with Gasteiger partial charge in [-0.05, 0) is 54.4 Å². The molecule has 2 aliphatic heterocycles. The van der Waals surface area contributed by atoms with Crippen LogP contribution >= 0.6 is 11.6 Å². The van der Waals surface area contributed by atoms with Gasteiger partial charge in [-0.15, -0.1) is 0 Å². The molecule has 33 heavy (non-hydrogen) atoms. The third kappa shape index (κ3) is 4.23. The molecule has 166 valence electrons. The molecule has 0 saturated carbocycles. The van der Waals surface area contributed by atoms with Gasteiger partial charge in [-0.1, -0.05) is 54.1 Å². The van der Waals surface area contributed by atoms with Crippen molar-refractivity contribution in [2.45, 2.75) is 25.0 Å². The first-order valence-corrected chi connectivity index (χ1v) is 11.2. The maximum atomic E-state index is 12.9. The first-order chi connectivity index (χ1) is 16.0. The van der Waals surface area contributed by atoms with E-state index in [1.54, 1.807) is 23.2 Å². The average molecular weight is 459 g/mol. The SMILES string of the molecule is CC1NN2C(=O)C=C(c3ccc(NC(=O)c4ccccc4)cc3)NC2C1c1ccc(Cl)cc1. The van der Waals surface area contributed by atoms with Gasteiger partial charge in [0.2, 0.25) is 0 Å². The lowest BCUT2D eigenvalue weighted by atomic mass is 9.90. The van der Waals surface area contributed by atoms with Crippen LogP contribution in [0.3, 0.4) is 0 Å². The van der Waals surface area contributed by atoms with Crippen LogP contribution in [-0.2, 0) is 4.79 Å². The van der Waals surface area contributed by atoms with Gasteiger partial charge in [0.15, 0.2) is 0 Å². The number of hydrazine groups is 1. The fourth-order valence-corrected chi connectivity index (χ4v) is 4.54. The van der Waals surface area contributed by atoms with Crippen LogP contribution in [0.25, 0.3) is 5.70 Å². The molecule has 0 aromatic heterocycles. The smallest absolute Gasteiger partial charge is 0.264 e. The largest absolute Gasteiger partial charge is 0.363 e. The van der Waals surface area contributed by atoms with Crippen molar-refractivity contribution in [3.05, 3.63) is 107 Å². The van der Waals surface area contributed by atoms with Gasteiger partial charge >= 0.3 is 0 Å². The summed E-state index contributed by atoms with van der Waals surface area (Å²) >= 11 is 6.07. The van der Waals surface area contributed by atoms with Gasteiger partial charge in [-0.2, -0.15) is 0 Å². The number of rotatable bonds is 4. The number of nitrogens with zero attached hydrogens (tertiary/aromatic N) is 1. The Bertz CT molecular complexity index is 1210. The summed E-state index contributed by atoms with van der Waals surface area (Å²) in [6.07, 6.45) is 1.36. The first kappa shape index (κ1) is 21.2. The maximum absolute atomic E-state index is 12.9. The predicted molar refractivity (Wildman–Crippen MR) is 129 cm³/mol. The van der Waals surface area contributed by atoms with Crippen molar-refractivity contribution < 1.29 is 9.59 Å². The molecule has 0 aliphatic carbocycles. The number of halogens is 1. The molecule has 2 aliphatic rings. The predicted octanol–water partition coefficient (Wildman–Crippen LogP) is 4.38. The van der Waals surface area contributed by atoms with E-state index in [0.29, 0.717) is 16.3 Å². The molecular formula is C26H23ClN4O2. The normalized spacial score (nSPS) is 21.8. The molecule has 0 spiro atoms. The van der Waals surface area contributed by atoms with Gasteiger partial charge in [-0.3, -0.25) is 14.6 Å². The number of carbonyl (C=O) groups is 2. The average Bonchev–Trinajstić information content (AvgIpc) is 3.17. The molecule has 6 nitrogen and oxygen atoms in total. The van der Waals surface area contributed by atoms with E-state index in [4.69, 9.17) is 11.6 Å². The van der Waals surface area contributed by atoms with Crippen LogP contribution < -0.4 is 16.1 Å². The number of hydrogen-bond acceptors (Lipinski definition) is 4. The fraction of sp³-hybridized carbons (Fsp3) is 0.154. The summed E-state index contributed by atoms with van der Waals surface area (Å²) in [6, 6.07) is 24.3. The number of benzene rings is 3. The van der Waals surface area contributed by atoms with Crippen molar-refractivity contribution >= 4 is 34.8 Å². The quantitative estimate of drug-likeness (QED) is 0.542. The van der Waals surface area contributed by atoms with Crippen LogP contribution in [0.5, 0.6) is 0 Å². The summed E-state index contributed by atoms with van der Waals surface area (Å²) in [7, 11) is 0. The Kier molecular flexibility index (Phi) is 5.62. The Morgan fingerprint density at radius 2 is 1.67 bits per heavy atom. The van der Waals surface area contributed by atoms with Crippen LogP contribution in [-0.4, -0.2) is 29.0 Å². The Labute approximate surface area is 197 Å². The van der Waals surface area contributed by atoms with Crippen LogP contribution in [0, 0.1) is 0 Å². The van der Waals surface area contributed by atoms with Gasteiger partial charge in [-0.25, -0.2) is 5.43 Å². The van der Waals surface area contributed by atoms with Crippen molar-refractivity contribution in [1.29, 1.82) is 0 Å². The molecule has 2 heterocycles. The van der Waals surface area contributed by atoms with Gasteiger partial charge in [0.25, 0.3) is 11.8 Å². The minimum atomic E-state index is -0.230. The van der Waals surface area contributed by atoms with E-state index in [9.17, 15) is 9.59 Å². The molecule has 3 aromatic rings. The highest BCUT2D eigenvalue weighted by molar-refractivity contribution is 6.30. The van der Waals surface area contributed by atoms with Gasteiger partial charge in [0.1, 0.15) is 6.17 Å². The Morgan fingerprint density at radius 3 is 2.36 bits per heavy atom. The van der Waals surface area contributed by atoms with Crippen LogP contribution in [0.1, 0.15) is 34.3 Å². The summed E-state index contributed by atoms with van der Waals surface area (Å²) in [6.45, 7) is 2.07. The van der Waals surface area contributed by atoms with Crippen molar-refractivity contribution in [3.63, 3.8) is 0 Å². The molecule has 3 atom stereocenters. The highest BCUT2D eigenvalue weighted by Crippen LogP contribution is 2.35. The van der Waals surface area contributed by atoms with Crippen molar-refractivity contribution in [2.24, 2.45) is 0 Å². The molecule has 3 unspecified atom stereocenters. The highest BCUT2D eigenvalue weighted by atomic mass is 35.5. The van der Waals surface area contributed by atoms with Gasteiger partial charge in [0, 0.05) is 40.0 Å². The Morgan fingerprint density at radius 1 is 0.970 bits per heavy atom. The van der Waals surface area contributed by atoms with Crippen LogP contribution in [0.2, 0.25) is 5.02 Å². The molecule has 3 N–H and O–H groups in total. The van der Waals surface area contributed by atoms with Gasteiger partial charge in [0.05, 0.1) is 0 Å². The summed E-state index contributed by atoms with van der Waals surface area (Å²) in [5, 5.41) is 8.76. The summed E-state index contributed by atoms with van der Waals surface area (Å²) in [5.74, 6) is -0.209. The lowest BCUT2D eigenvalue weighted by Crippen LogP contribution is -2.52. The zero-order chi connectivity index (χ0) is 22.9. The first-order valence-electron chi connectivity index (χ1n) is 10.8.